The van der Waals surface area contributed by atoms with Gasteiger partial charge in [-0.25, -0.2) is 4.79 Å². The minimum atomic E-state index is -0.638. The van der Waals surface area contributed by atoms with Crippen LogP contribution in [0.1, 0.15) is 50.1 Å². The van der Waals surface area contributed by atoms with E-state index in [0.717, 1.165) is 37.1 Å². The zero-order valence-electron chi connectivity index (χ0n) is 14.7. The summed E-state index contributed by atoms with van der Waals surface area (Å²) in [4.78, 5) is 12.3. The predicted octanol–water partition coefficient (Wildman–Crippen LogP) is 1.58. The van der Waals surface area contributed by atoms with Gasteiger partial charge in [-0.1, -0.05) is 12.8 Å². The Bertz CT molecular complexity index is 638. The lowest BCUT2D eigenvalue weighted by atomic mass is 9.85. The number of rotatable bonds is 4. The monoisotopic (exact) mass is 348 g/mol. The molecule has 25 heavy (non-hydrogen) atoms. The number of carbonyl (C=O) groups excluding carboxylic acids is 1. The average Bonchev–Trinajstić information content (AvgIpc) is 3.33. The van der Waals surface area contributed by atoms with Gasteiger partial charge in [-0.15, -0.1) is 0 Å². The summed E-state index contributed by atoms with van der Waals surface area (Å²) in [5.74, 6) is 0.978. The number of aryl methyl sites for hydroxylation is 1. The molecule has 3 saturated carbocycles. The van der Waals surface area contributed by atoms with E-state index in [-0.39, 0.29) is 23.8 Å². The van der Waals surface area contributed by atoms with Gasteiger partial charge in [-0.3, -0.25) is 4.68 Å². The van der Waals surface area contributed by atoms with Crippen molar-refractivity contribution in [2.75, 3.05) is 11.9 Å². The Morgan fingerprint density at radius 1 is 1.28 bits per heavy atom. The predicted molar refractivity (Wildman–Crippen MR) is 93.2 cm³/mol. The Kier molecular flexibility index (Phi) is 4.45. The maximum atomic E-state index is 12.3. The van der Waals surface area contributed by atoms with E-state index in [1.807, 2.05) is 13.2 Å². The van der Waals surface area contributed by atoms with Gasteiger partial charge in [0, 0.05) is 25.7 Å². The van der Waals surface area contributed by atoms with Crippen molar-refractivity contribution in [3.63, 3.8) is 0 Å². The van der Waals surface area contributed by atoms with Crippen LogP contribution in [0, 0.1) is 17.8 Å². The standard InChI is InChI=1S/C18H28N4O3/c1-22-9-14(15(21-22)10-4-2-3-5-10)20-18(25)19-8-12-6-11-7-13(12)17(24)16(11)23/h9-13,16-17,23-24H,2-8H2,1H3,(H2,19,20,25)/t11-,12-,13-,16+,17-/m0/s1. The number of amides is 2. The first-order valence-electron chi connectivity index (χ1n) is 9.47. The highest BCUT2D eigenvalue weighted by atomic mass is 16.3. The first kappa shape index (κ1) is 16.8. The van der Waals surface area contributed by atoms with Gasteiger partial charge in [-0.05, 0) is 43.4 Å². The maximum absolute atomic E-state index is 12.3. The molecular formula is C18H28N4O3. The number of aromatic nitrogens is 2. The van der Waals surface area contributed by atoms with E-state index in [0.29, 0.717) is 12.5 Å². The lowest BCUT2D eigenvalue weighted by Gasteiger charge is -2.29. The molecule has 4 N–H and O–H groups in total. The number of fused-ring (bicyclic) bond motifs is 2. The summed E-state index contributed by atoms with van der Waals surface area (Å²) in [6.07, 6.45) is 7.12. The van der Waals surface area contributed by atoms with Gasteiger partial charge in [0.1, 0.15) is 0 Å². The molecule has 2 amide bonds. The van der Waals surface area contributed by atoms with Crippen LogP contribution in [0.5, 0.6) is 0 Å². The van der Waals surface area contributed by atoms with Gasteiger partial charge < -0.3 is 20.8 Å². The number of nitrogens with zero attached hydrogens (tertiary/aromatic N) is 2. The van der Waals surface area contributed by atoms with Crippen LogP contribution in [-0.2, 0) is 7.05 Å². The molecule has 3 aliphatic rings. The van der Waals surface area contributed by atoms with Crippen molar-refractivity contribution >= 4 is 11.7 Å². The van der Waals surface area contributed by atoms with Gasteiger partial charge in [0.25, 0.3) is 0 Å². The first-order valence-corrected chi connectivity index (χ1v) is 9.47. The van der Waals surface area contributed by atoms with Crippen molar-refractivity contribution in [1.82, 2.24) is 15.1 Å². The highest BCUT2D eigenvalue weighted by molar-refractivity contribution is 5.89. The number of urea groups is 1. The Labute approximate surface area is 147 Å². The minimum Gasteiger partial charge on any atom is -0.390 e. The van der Waals surface area contributed by atoms with Crippen molar-refractivity contribution in [2.45, 2.75) is 56.7 Å². The number of hydrogen-bond donors (Lipinski definition) is 4. The Morgan fingerprint density at radius 3 is 2.72 bits per heavy atom. The molecule has 4 rings (SSSR count). The molecule has 0 saturated heterocycles. The van der Waals surface area contributed by atoms with Gasteiger partial charge in [0.15, 0.2) is 0 Å². The Hall–Kier alpha value is -1.60. The van der Waals surface area contributed by atoms with E-state index >= 15 is 0 Å². The average molecular weight is 348 g/mol. The summed E-state index contributed by atoms with van der Waals surface area (Å²) in [6, 6.07) is -0.218. The van der Waals surface area contributed by atoms with Crippen LogP contribution in [0.15, 0.2) is 6.20 Å². The van der Waals surface area contributed by atoms with Crippen LogP contribution in [0.4, 0.5) is 10.5 Å². The van der Waals surface area contributed by atoms with Crippen LogP contribution in [0.25, 0.3) is 0 Å². The lowest BCUT2D eigenvalue weighted by molar-refractivity contribution is -0.0330. The smallest absolute Gasteiger partial charge is 0.319 e. The van der Waals surface area contributed by atoms with Gasteiger partial charge in [-0.2, -0.15) is 5.10 Å². The second-order valence-electron chi connectivity index (χ2n) is 8.05. The van der Waals surface area contributed by atoms with Crippen LogP contribution >= 0.6 is 0 Å². The molecule has 0 radical (unpaired) electrons. The second-order valence-corrected chi connectivity index (χ2v) is 8.05. The summed E-state index contributed by atoms with van der Waals surface area (Å²) in [7, 11) is 1.88. The number of aliphatic hydroxyl groups excluding tert-OH is 2. The van der Waals surface area contributed by atoms with E-state index in [9.17, 15) is 15.0 Å². The summed E-state index contributed by atoms with van der Waals surface area (Å²) < 4.78 is 1.76. The summed E-state index contributed by atoms with van der Waals surface area (Å²) in [5.41, 5.74) is 1.80. The Balaban J connectivity index is 1.33. The molecule has 1 heterocycles. The van der Waals surface area contributed by atoms with E-state index in [1.54, 1.807) is 4.68 Å². The molecule has 5 atom stereocenters. The third-order valence-electron chi connectivity index (χ3n) is 6.43. The third-order valence-corrected chi connectivity index (χ3v) is 6.43. The van der Waals surface area contributed by atoms with E-state index < -0.39 is 12.2 Å². The molecule has 3 fully saturated rings. The van der Waals surface area contributed by atoms with E-state index in [2.05, 4.69) is 15.7 Å². The van der Waals surface area contributed by atoms with Crippen molar-refractivity contribution in [3.8, 4) is 0 Å². The fourth-order valence-corrected chi connectivity index (χ4v) is 5.16. The molecule has 2 bridgehead atoms. The third kappa shape index (κ3) is 3.15. The Morgan fingerprint density at radius 2 is 2.04 bits per heavy atom. The van der Waals surface area contributed by atoms with Crippen LogP contribution in [0.2, 0.25) is 0 Å². The number of hydrogen-bond acceptors (Lipinski definition) is 4. The topological polar surface area (TPSA) is 99.4 Å². The molecule has 0 unspecified atom stereocenters. The van der Waals surface area contributed by atoms with E-state index in [1.165, 1.54) is 12.8 Å². The van der Waals surface area contributed by atoms with E-state index in [4.69, 9.17) is 0 Å². The molecule has 0 aliphatic heterocycles. The normalized spacial score (nSPS) is 34.6. The minimum absolute atomic E-state index is 0.104. The highest BCUT2D eigenvalue weighted by Gasteiger charge is 2.51. The maximum Gasteiger partial charge on any atom is 0.319 e. The van der Waals surface area contributed by atoms with Crippen LogP contribution in [-0.4, -0.2) is 44.8 Å². The summed E-state index contributed by atoms with van der Waals surface area (Å²) >= 11 is 0. The molecular weight excluding hydrogens is 320 g/mol. The SMILES string of the molecule is Cn1cc(NC(=O)NC[C@@H]2C[C@H]3C[C@@H]2[C@H](O)[C@@H]3O)c(C2CCCC2)n1. The molecule has 7 nitrogen and oxygen atoms in total. The quantitative estimate of drug-likeness (QED) is 0.664. The number of nitrogens with one attached hydrogen (secondary N) is 2. The zero-order valence-corrected chi connectivity index (χ0v) is 14.7. The van der Waals surface area contributed by atoms with Gasteiger partial charge in [0.2, 0.25) is 0 Å². The van der Waals surface area contributed by atoms with Crippen molar-refractivity contribution in [1.29, 1.82) is 0 Å². The molecule has 3 aliphatic carbocycles. The summed E-state index contributed by atoms with van der Waals surface area (Å²) in [5, 5.41) is 30.3. The first-order chi connectivity index (χ1) is 12.0. The molecule has 0 aromatic carbocycles. The summed E-state index contributed by atoms with van der Waals surface area (Å²) in [6.45, 7) is 0.538. The van der Waals surface area contributed by atoms with Crippen molar-refractivity contribution < 1.29 is 15.0 Å². The fraction of sp³-hybridized carbons (Fsp3) is 0.778. The lowest BCUT2D eigenvalue weighted by Crippen LogP contribution is -2.42. The largest absolute Gasteiger partial charge is 0.390 e. The van der Waals surface area contributed by atoms with Crippen molar-refractivity contribution in [2.24, 2.45) is 24.8 Å². The molecule has 1 aromatic rings. The molecule has 138 valence electrons. The molecule has 1 aromatic heterocycles. The van der Waals surface area contributed by atoms with Gasteiger partial charge in [0.05, 0.1) is 23.6 Å². The number of carbonyl (C=O) groups is 1. The molecule has 7 heteroatoms. The number of aliphatic hydroxyl groups is 2. The number of anilines is 1. The van der Waals surface area contributed by atoms with Crippen molar-refractivity contribution in [3.05, 3.63) is 11.9 Å². The van der Waals surface area contributed by atoms with Crippen LogP contribution in [0.3, 0.4) is 0 Å². The zero-order chi connectivity index (χ0) is 17.6. The highest BCUT2D eigenvalue weighted by Crippen LogP contribution is 2.48. The van der Waals surface area contributed by atoms with Crippen LogP contribution < -0.4 is 10.6 Å². The van der Waals surface area contributed by atoms with Gasteiger partial charge >= 0.3 is 6.03 Å². The molecule has 0 spiro atoms. The second kappa shape index (κ2) is 6.61. The fourth-order valence-electron chi connectivity index (χ4n) is 5.16.